The molecule has 2 saturated heterocycles. The van der Waals surface area contributed by atoms with E-state index < -0.39 is 18.1 Å². The van der Waals surface area contributed by atoms with Gasteiger partial charge in [-0.05, 0) is 24.6 Å². The van der Waals surface area contributed by atoms with Crippen molar-refractivity contribution >= 4 is 28.4 Å². The van der Waals surface area contributed by atoms with E-state index in [4.69, 9.17) is 0 Å². The van der Waals surface area contributed by atoms with Crippen LogP contribution in [-0.4, -0.2) is 53.4 Å². The van der Waals surface area contributed by atoms with Crippen molar-refractivity contribution in [2.24, 2.45) is 7.05 Å². The Balaban J connectivity index is 1.64. The smallest absolute Gasteiger partial charge is 0.368 e. The number of amides is 2. The fraction of sp³-hybridized carbons (Fsp3) is 0.500. The molecule has 2 N–H and O–H groups in total. The predicted octanol–water partition coefficient (Wildman–Crippen LogP) is 1.43. The van der Waals surface area contributed by atoms with Gasteiger partial charge < -0.3 is 10.2 Å². The number of piperazine rings is 1. The Hall–Kier alpha value is -2.62. The molecule has 3 heterocycles. The number of imide groups is 1. The molecule has 0 spiro atoms. The Kier molecular flexibility index (Phi) is 4.53. The topological polar surface area (TPSA) is 79.3 Å². The Bertz CT molecular complexity index is 939. The first kappa shape index (κ1) is 18.7. The summed E-state index contributed by atoms with van der Waals surface area (Å²) in [7, 11) is 1.73. The summed E-state index contributed by atoms with van der Waals surface area (Å²) in [5.41, 5.74) is 2.00. The number of aromatic nitrogens is 2. The zero-order chi connectivity index (χ0) is 20.1. The summed E-state index contributed by atoms with van der Waals surface area (Å²) in [6.07, 6.45) is -3.65. The third kappa shape index (κ3) is 3.32. The van der Waals surface area contributed by atoms with Crippen molar-refractivity contribution < 1.29 is 22.8 Å². The lowest BCUT2D eigenvalue weighted by molar-refractivity contribution is -0.155. The number of halogens is 3. The highest BCUT2D eigenvalue weighted by Gasteiger charge is 2.42. The second-order valence-corrected chi connectivity index (χ2v) is 7.21. The Morgan fingerprint density at radius 2 is 2.04 bits per heavy atom. The number of nitrogens with zero attached hydrogens (tertiary/aromatic N) is 3. The fourth-order valence-electron chi connectivity index (χ4n) is 3.89. The number of benzene rings is 1. The lowest BCUT2D eigenvalue weighted by Gasteiger charge is -2.36. The quantitative estimate of drug-likeness (QED) is 0.753. The van der Waals surface area contributed by atoms with E-state index in [2.05, 4.69) is 15.7 Å². The third-order valence-electron chi connectivity index (χ3n) is 5.37. The lowest BCUT2D eigenvalue weighted by atomic mass is 9.93. The summed E-state index contributed by atoms with van der Waals surface area (Å²) in [5.74, 6) is -1.17. The van der Waals surface area contributed by atoms with Gasteiger partial charge >= 0.3 is 6.18 Å². The first-order valence-corrected chi connectivity index (χ1v) is 9.09. The van der Waals surface area contributed by atoms with Crippen molar-refractivity contribution in [2.45, 2.75) is 31.0 Å². The van der Waals surface area contributed by atoms with Crippen LogP contribution in [0.15, 0.2) is 18.2 Å². The van der Waals surface area contributed by atoms with E-state index in [-0.39, 0.29) is 31.3 Å². The highest BCUT2D eigenvalue weighted by atomic mass is 19.4. The molecule has 2 aliphatic rings. The van der Waals surface area contributed by atoms with Crippen LogP contribution in [0.2, 0.25) is 0 Å². The molecule has 2 atom stereocenters. The molecule has 150 valence electrons. The molecule has 0 bridgehead atoms. The largest absolute Gasteiger partial charge is 0.405 e. The molecule has 7 nitrogen and oxygen atoms in total. The molecular formula is C18H20F3N5O2. The minimum absolute atomic E-state index is 0.160. The van der Waals surface area contributed by atoms with Crippen LogP contribution in [0.4, 0.5) is 18.9 Å². The number of carbonyl (C=O) groups excluding carboxylic acids is 2. The van der Waals surface area contributed by atoms with Crippen LogP contribution in [0.3, 0.4) is 0 Å². The van der Waals surface area contributed by atoms with Gasteiger partial charge in [0.05, 0.1) is 17.1 Å². The highest BCUT2D eigenvalue weighted by Crippen LogP contribution is 2.33. The van der Waals surface area contributed by atoms with Crippen LogP contribution < -0.4 is 15.5 Å². The number of aryl methyl sites for hydroxylation is 1. The molecule has 0 saturated carbocycles. The summed E-state index contributed by atoms with van der Waals surface area (Å²) in [6, 6.07) is 3.79. The van der Waals surface area contributed by atoms with E-state index in [0.717, 1.165) is 10.9 Å². The summed E-state index contributed by atoms with van der Waals surface area (Å²) >= 11 is 0. The number of piperidine rings is 1. The molecule has 0 radical (unpaired) electrons. The number of hydrogen-bond acceptors (Lipinski definition) is 5. The van der Waals surface area contributed by atoms with Gasteiger partial charge in [0.2, 0.25) is 11.8 Å². The van der Waals surface area contributed by atoms with Gasteiger partial charge in [0, 0.05) is 44.2 Å². The highest BCUT2D eigenvalue weighted by molar-refractivity contribution is 6.02. The van der Waals surface area contributed by atoms with Crippen LogP contribution in [0.1, 0.15) is 24.5 Å². The Labute approximate surface area is 158 Å². The van der Waals surface area contributed by atoms with Crippen molar-refractivity contribution in [3.05, 3.63) is 23.9 Å². The predicted molar refractivity (Wildman–Crippen MR) is 95.9 cm³/mol. The van der Waals surface area contributed by atoms with Crippen LogP contribution >= 0.6 is 0 Å². The van der Waals surface area contributed by atoms with Crippen molar-refractivity contribution in [1.82, 2.24) is 20.4 Å². The average Bonchev–Trinajstić information content (AvgIpc) is 2.97. The van der Waals surface area contributed by atoms with E-state index in [0.29, 0.717) is 24.3 Å². The minimum Gasteiger partial charge on any atom is -0.368 e. The molecule has 1 unspecified atom stereocenters. The molecule has 1 aromatic heterocycles. The van der Waals surface area contributed by atoms with E-state index in [1.54, 1.807) is 34.8 Å². The number of alkyl halides is 3. The molecule has 2 aliphatic heterocycles. The van der Waals surface area contributed by atoms with Gasteiger partial charge in [0.25, 0.3) is 0 Å². The van der Waals surface area contributed by atoms with Gasteiger partial charge in [0.15, 0.2) is 0 Å². The number of fused-ring (bicyclic) bond motifs is 1. The number of hydrogen-bond donors (Lipinski definition) is 2. The lowest BCUT2D eigenvalue weighted by Crippen LogP contribution is -2.57. The van der Waals surface area contributed by atoms with Gasteiger partial charge in [-0.3, -0.25) is 19.6 Å². The maximum absolute atomic E-state index is 13.1. The maximum atomic E-state index is 13.1. The minimum atomic E-state index is -4.30. The number of rotatable bonds is 2. The molecular weight excluding hydrogens is 375 g/mol. The van der Waals surface area contributed by atoms with Gasteiger partial charge in [-0.2, -0.15) is 18.3 Å². The van der Waals surface area contributed by atoms with Crippen molar-refractivity contribution in [2.75, 3.05) is 24.5 Å². The molecule has 28 heavy (non-hydrogen) atoms. The van der Waals surface area contributed by atoms with Crippen molar-refractivity contribution in [3.8, 4) is 0 Å². The number of carbonyl (C=O) groups is 2. The second-order valence-electron chi connectivity index (χ2n) is 7.21. The van der Waals surface area contributed by atoms with Crippen LogP contribution in [-0.2, 0) is 16.6 Å². The molecule has 2 fully saturated rings. The zero-order valence-electron chi connectivity index (χ0n) is 15.2. The molecule has 4 rings (SSSR count). The van der Waals surface area contributed by atoms with Crippen LogP contribution in [0.5, 0.6) is 0 Å². The monoisotopic (exact) mass is 395 g/mol. The first-order chi connectivity index (χ1) is 13.2. The van der Waals surface area contributed by atoms with Crippen LogP contribution in [0, 0.1) is 0 Å². The normalized spacial score (nSPS) is 23.9. The van der Waals surface area contributed by atoms with E-state index >= 15 is 0 Å². The molecule has 0 aliphatic carbocycles. The number of anilines is 1. The summed E-state index contributed by atoms with van der Waals surface area (Å²) in [4.78, 5) is 25.3. The first-order valence-electron chi connectivity index (χ1n) is 9.09. The van der Waals surface area contributed by atoms with E-state index in [1.165, 1.54) is 0 Å². The number of nitrogens with one attached hydrogen (secondary N) is 2. The molecule has 2 aromatic rings. The Morgan fingerprint density at radius 3 is 2.75 bits per heavy atom. The van der Waals surface area contributed by atoms with E-state index in [9.17, 15) is 22.8 Å². The standard InChI is InChI=1S/C18H20F3N5O2/c1-25-13-8-10(26-7-6-22-14(9-26)18(19,20)21)2-3-11(13)16(24-25)12-4-5-15(27)23-17(12)28/h2-3,8,12,14,22H,4-7,9H2,1H3,(H,23,27,28)/t12?,14-/m1/s1. The Morgan fingerprint density at radius 1 is 1.25 bits per heavy atom. The van der Waals surface area contributed by atoms with Crippen molar-refractivity contribution in [1.29, 1.82) is 0 Å². The van der Waals surface area contributed by atoms with Crippen LogP contribution in [0.25, 0.3) is 10.9 Å². The average molecular weight is 395 g/mol. The van der Waals surface area contributed by atoms with Gasteiger partial charge in [-0.1, -0.05) is 0 Å². The third-order valence-corrected chi connectivity index (χ3v) is 5.37. The van der Waals surface area contributed by atoms with Crippen molar-refractivity contribution in [3.63, 3.8) is 0 Å². The summed E-state index contributed by atoms with van der Waals surface area (Å²) in [5, 5.41) is 10.1. The maximum Gasteiger partial charge on any atom is 0.405 e. The van der Waals surface area contributed by atoms with Gasteiger partial charge in [-0.25, -0.2) is 0 Å². The SMILES string of the molecule is Cn1nc(C2CCC(=O)NC2=O)c2ccc(N3CCN[C@@H](C(F)(F)F)C3)cc21. The molecule has 10 heteroatoms. The zero-order valence-corrected chi connectivity index (χ0v) is 15.2. The van der Waals surface area contributed by atoms with Gasteiger partial charge in [-0.15, -0.1) is 0 Å². The van der Waals surface area contributed by atoms with E-state index in [1.807, 2.05) is 0 Å². The van der Waals surface area contributed by atoms with Gasteiger partial charge in [0.1, 0.15) is 6.04 Å². The fourth-order valence-corrected chi connectivity index (χ4v) is 3.89. The summed E-state index contributed by atoms with van der Waals surface area (Å²) < 4.78 is 40.8. The molecule has 1 aromatic carbocycles. The summed E-state index contributed by atoms with van der Waals surface area (Å²) in [6.45, 7) is 0.553. The second kappa shape index (κ2) is 6.77. The molecule has 2 amide bonds.